The van der Waals surface area contributed by atoms with Crippen LogP contribution in [-0.2, 0) is 11.8 Å². The van der Waals surface area contributed by atoms with Gasteiger partial charge in [0, 0.05) is 0 Å². The van der Waals surface area contributed by atoms with Crippen LogP contribution in [0.5, 0.6) is 0 Å². The Labute approximate surface area is 130 Å². The molecule has 0 unspecified atom stereocenters. The number of benzene rings is 2. The van der Waals surface area contributed by atoms with E-state index in [1.54, 1.807) is 0 Å². The predicted molar refractivity (Wildman–Crippen MR) is 92.7 cm³/mol. The topological polar surface area (TPSA) is 0 Å². The van der Waals surface area contributed by atoms with E-state index in [1.165, 1.54) is 23.1 Å². The molecule has 2 aromatic carbocycles. The van der Waals surface area contributed by atoms with Crippen molar-refractivity contribution in [3.8, 4) is 0 Å². The van der Waals surface area contributed by atoms with Crippen molar-refractivity contribution in [2.24, 2.45) is 5.41 Å². The van der Waals surface area contributed by atoms with E-state index < -0.39 is 0 Å². The summed E-state index contributed by atoms with van der Waals surface area (Å²) in [7, 11) is 0. The van der Waals surface area contributed by atoms with Crippen molar-refractivity contribution >= 4 is 0 Å². The molecule has 0 atom stereocenters. The first-order valence-corrected chi connectivity index (χ1v) is 7.95. The first-order valence-electron chi connectivity index (χ1n) is 7.95. The highest BCUT2D eigenvalue weighted by molar-refractivity contribution is 5.28. The molecule has 0 radical (unpaired) electrons. The lowest BCUT2D eigenvalue weighted by Crippen LogP contribution is -2.37. The summed E-state index contributed by atoms with van der Waals surface area (Å²) >= 11 is 0. The molecule has 2 aromatic rings. The van der Waals surface area contributed by atoms with E-state index in [9.17, 15) is 0 Å². The van der Waals surface area contributed by atoms with Crippen molar-refractivity contribution in [1.29, 1.82) is 0 Å². The second kappa shape index (κ2) is 6.05. The standard InChI is InChI=1S/C21H28/c1-17-11-9-10-12-18(17)15-16-20(2,3)21(4,5)19-13-7-6-8-14-19/h6-14H,15-16H2,1-5H3. The summed E-state index contributed by atoms with van der Waals surface area (Å²) in [4.78, 5) is 0. The van der Waals surface area contributed by atoms with E-state index in [0.717, 1.165) is 6.42 Å². The lowest BCUT2D eigenvalue weighted by atomic mass is 9.62. The molecule has 2 rings (SSSR count). The zero-order valence-electron chi connectivity index (χ0n) is 14.1. The van der Waals surface area contributed by atoms with Crippen LogP contribution >= 0.6 is 0 Å². The lowest BCUT2D eigenvalue weighted by molar-refractivity contribution is 0.181. The highest BCUT2D eigenvalue weighted by Gasteiger charge is 2.37. The van der Waals surface area contributed by atoms with Crippen LogP contribution in [0.1, 0.15) is 50.8 Å². The van der Waals surface area contributed by atoms with Crippen molar-refractivity contribution in [2.75, 3.05) is 0 Å². The van der Waals surface area contributed by atoms with Crippen LogP contribution < -0.4 is 0 Å². The van der Waals surface area contributed by atoms with Crippen LogP contribution in [0.15, 0.2) is 54.6 Å². The van der Waals surface area contributed by atoms with Crippen molar-refractivity contribution in [3.63, 3.8) is 0 Å². The minimum absolute atomic E-state index is 0.164. The van der Waals surface area contributed by atoms with E-state index in [1.807, 2.05) is 0 Å². The fourth-order valence-electron chi connectivity index (χ4n) is 2.90. The number of hydrogen-bond donors (Lipinski definition) is 0. The quantitative estimate of drug-likeness (QED) is 0.636. The summed E-state index contributed by atoms with van der Waals surface area (Å²) in [5.74, 6) is 0. The van der Waals surface area contributed by atoms with Gasteiger partial charge in [-0.25, -0.2) is 0 Å². The number of hydrogen-bond acceptors (Lipinski definition) is 0. The van der Waals surface area contributed by atoms with Crippen molar-refractivity contribution in [1.82, 2.24) is 0 Å². The molecule has 0 saturated carbocycles. The molecule has 0 N–H and O–H groups in total. The van der Waals surface area contributed by atoms with Gasteiger partial charge in [-0.1, -0.05) is 82.3 Å². The molecule has 0 heterocycles. The molecule has 0 aliphatic carbocycles. The van der Waals surface area contributed by atoms with E-state index >= 15 is 0 Å². The molecular formula is C21H28. The van der Waals surface area contributed by atoms with Crippen LogP contribution in [0, 0.1) is 12.3 Å². The minimum atomic E-state index is 0.164. The largest absolute Gasteiger partial charge is 0.0622 e. The first-order chi connectivity index (χ1) is 9.84. The third kappa shape index (κ3) is 3.37. The summed E-state index contributed by atoms with van der Waals surface area (Å²) in [6.07, 6.45) is 2.34. The molecular weight excluding hydrogens is 252 g/mol. The molecule has 0 aliphatic rings. The van der Waals surface area contributed by atoms with Gasteiger partial charge in [0.15, 0.2) is 0 Å². The van der Waals surface area contributed by atoms with Crippen LogP contribution in [0.25, 0.3) is 0 Å². The van der Waals surface area contributed by atoms with Gasteiger partial charge in [-0.15, -0.1) is 0 Å². The van der Waals surface area contributed by atoms with Gasteiger partial charge >= 0.3 is 0 Å². The molecule has 0 bridgehead atoms. The Morgan fingerprint density at radius 2 is 1.33 bits per heavy atom. The van der Waals surface area contributed by atoms with E-state index in [0.29, 0.717) is 0 Å². The van der Waals surface area contributed by atoms with Crippen LogP contribution in [-0.4, -0.2) is 0 Å². The summed E-state index contributed by atoms with van der Waals surface area (Å²) in [6.45, 7) is 11.8. The third-order valence-corrected chi connectivity index (χ3v) is 5.47. The molecule has 0 spiro atoms. The normalized spacial score (nSPS) is 12.4. The van der Waals surface area contributed by atoms with Crippen molar-refractivity contribution in [3.05, 3.63) is 71.3 Å². The maximum absolute atomic E-state index is 2.40. The summed E-state index contributed by atoms with van der Waals surface area (Å²) in [5.41, 5.74) is 4.73. The van der Waals surface area contributed by atoms with Gasteiger partial charge in [0.1, 0.15) is 0 Å². The smallest absolute Gasteiger partial charge is 0.00523 e. The monoisotopic (exact) mass is 280 g/mol. The van der Waals surface area contributed by atoms with Crippen LogP contribution in [0.2, 0.25) is 0 Å². The summed E-state index contributed by atoms with van der Waals surface area (Å²) in [6, 6.07) is 19.7. The van der Waals surface area contributed by atoms with E-state index in [2.05, 4.69) is 89.2 Å². The third-order valence-electron chi connectivity index (χ3n) is 5.47. The summed E-state index contributed by atoms with van der Waals surface area (Å²) < 4.78 is 0. The molecule has 0 fully saturated rings. The highest BCUT2D eigenvalue weighted by Crippen LogP contribution is 2.44. The maximum Gasteiger partial charge on any atom is -0.00523 e. The van der Waals surface area contributed by atoms with Gasteiger partial charge in [0.2, 0.25) is 0 Å². The Morgan fingerprint density at radius 3 is 1.95 bits per heavy atom. The molecule has 0 amide bonds. The first kappa shape index (κ1) is 15.8. The Balaban J connectivity index is 2.16. The number of aryl methyl sites for hydroxylation is 2. The van der Waals surface area contributed by atoms with Gasteiger partial charge in [-0.3, -0.25) is 0 Å². The van der Waals surface area contributed by atoms with Gasteiger partial charge in [0.05, 0.1) is 0 Å². The molecule has 0 saturated heterocycles. The van der Waals surface area contributed by atoms with Gasteiger partial charge in [-0.05, 0) is 47.3 Å². The molecule has 0 aliphatic heterocycles. The summed E-state index contributed by atoms with van der Waals surface area (Å²) in [5, 5.41) is 0. The number of rotatable bonds is 5. The molecule has 21 heavy (non-hydrogen) atoms. The molecule has 0 nitrogen and oxygen atoms in total. The van der Waals surface area contributed by atoms with E-state index in [-0.39, 0.29) is 10.8 Å². The zero-order valence-corrected chi connectivity index (χ0v) is 14.1. The predicted octanol–water partition coefficient (Wildman–Crippen LogP) is 5.93. The fourth-order valence-corrected chi connectivity index (χ4v) is 2.90. The van der Waals surface area contributed by atoms with Gasteiger partial charge in [-0.2, -0.15) is 0 Å². The zero-order chi connectivity index (χ0) is 15.5. The highest BCUT2D eigenvalue weighted by atomic mass is 14.4. The van der Waals surface area contributed by atoms with Gasteiger partial charge < -0.3 is 0 Å². The maximum atomic E-state index is 2.40. The minimum Gasteiger partial charge on any atom is -0.0622 e. The molecule has 112 valence electrons. The second-order valence-corrected chi connectivity index (χ2v) is 7.30. The fraction of sp³-hybridized carbons (Fsp3) is 0.429. The lowest BCUT2D eigenvalue weighted by Gasteiger charge is -2.42. The van der Waals surface area contributed by atoms with Crippen LogP contribution in [0.4, 0.5) is 0 Å². The Kier molecular flexibility index (Phi) is 4.56. The average molecular weight is 280 g/mol. The SMILES string of the molecule is Cc1ccccc1CCC(C)(C)C(C)(C)c1ccccc1. The Bertz CT molecular complexity index is 576. The molecule has 0 aromatic heterocycles. The van der Waals surface area contributed by atoms with Crippen LogP contribution in [0.3, 0.4) is 0 Å². The van der Waals surface area contributed by atoms with Crippen molar-refractivity contribution < 1.29 is 0 Å². The second-order valence-electron chi connectivity index (χ2n) is 7.30. The Hall–Kier alpha value is -1.56. The van der Waals surface area contributed by atoms with Gasteiger partial charge in [0.25, 0.3) is 0 Å². The Morgan fingerprint density at radius 1 is 0.762 bits per heavy atom. The molecule has 0 heteroatoms. The van der Waals surface area contributed by atoms with E-state index in [4.69, 9.17) is 0 Å². The van der Waals surface area contributed by atoms with Crippen molar-refractivity contribution in [2.45, 2.75) is 52.9 Å². The average Bonchev–Trinajstić information content (AvgIpc) is 2.47.